The second-order valence-corrected chi connectivity index (χ2v) is 5.66. The fourth-order valence-electron chi connectivity index (χ4n) is 1.58. The Kier molecular flexibility index (Phi) is 5.87. The molecule has 0 aromatic heterocycles. The Hall–Kier alpha value is -2.20. The van der Waals surface area contributed by atoms with Gasteiger partial charge in [0.25, 0.3) is 0 Å². The van der Waals surface area contributed by atoms with Crippen LogP contribution in [0.1, 0.15) is 18.1 Å². The third kappa shape index (κ3) is 5.20. The van der Waals surface area contributed by atoms with Gasteiger partial charge in [-0.05, 0) is 17.7 Å². The molecule has 2 atom stereocenters. The van der Waals surface area contributed by atoms with Crippen LogP contribution in [-0.4, -0.2) is 33.0 Å². The van der Waals surface area contributed by atoms with Gasteiger partial charge in [0.1, 0.15) is 6.04 Å². The van der Waals surface area contributed by atoms with E-state index in [-0.39, 0.29) is 11.5 Å². The Labute approximate surface area is 118 Å². The molecule has 0 spiro atoms. The highest BCUT2D eigenvalue weighted by Crippen LogP contribution is 2.08. The highest BCUT2D eigenvalue weighted by atomic mass is 32.2. The summed E-state index contributed by atoms with van der Waals surface area (Å²) >= 11 is 0. The van der Waals surface area contributed by atoms with Crippen LogP contribution in [-0.2, 0) is 26.1 Å². The van der Waals surface area contributed by atoms with Crippen LogP contribution in [0.15, 0.2) is 24.3 Å². The van der Waals surface area contributed by atoms with Gasteiger partial charge in [0.2, 0.25) is 5.91 Å². The van der Waals surface area contributed by atoms with Gasteiger partial charge in [0.05, 0.1) is 17.4 Å². The van der Waals surface area contributed by atoms with Crippen molar-refractivity contribution in [2.75, 3.05) is 5.75 Å². The number of aliphatic carboxylic acids is 1. The monoisotopic (exact) mass is 294 g/mol. The molecule has 0 aliphatic heterocycles. The first-order valence-electron chi connectivity index (χ1n) is 5.76. The fourth-order valence-corrected chi connectivity index (χ4v) is 2.85. The van der Waals surface area contributed by atoms with Gasteiger partial charge in [-0.15, -0.1) is 0 Å². The van der Waals surface area contributed by atoms with Gasteiger partial charge in [-0.2, -0.15) is 5.26 Å². The van der Waals surface area contributed by atoms with Crippen LogP contribution in [0.2, 0.25) is 0 Å². The highest BCUT2D eigenvalue weighted by molar-refractivity contribution is 7.84. The number of carbonyl (C=O) groups is 2. The zero-order valence-corrected chi connectivity index (χ0v) is 11.6. The average Bonchev–Trinajstić information content (AvgIpc) is 2.37. The molecule has 0 bridgehead atoms. The predicted molar refractivity (Wildman–Crippen MR) is 73.1 cm³/mol. The van der Waals surface area contributed by atoms with Crippen LogP contribution < -0.4 is 5.32 Å². The Balaban J connectivity index is 2.68. The summed E-state index contributed by atoms with van der Waals surface area (Å²) in [5.41, 5.74) is 1.14. The number of nitrogens with one attached hydrogen (secondary N) is 1. The summed E-state index contributed by atoms with van der Waals surface area (Å²) in [6.07, 6.45) is 0. The number of nitrogens with zero attached hydrogens (tertiary/aromatic N) is 1. The molecule has 1 amide bonds. The molecule has 2 N–H and O–H groups in total. The zero-order valence-electron chi connectivity index (χ0n) is 10.8. The minimum absolute atomic E-state index is 0.138. The van der Waals surface area contributed by atoms with Crippen molar-refractivity contribution in [2.24, 2.45) is 0 Å². The largest absolute Gasteiger partial charge is 0.480 e. The molecule has 1 rings (SSSR count). The zero-order chi connectivity index (χ0) is 15.1. The number of rotatable bonds is 6. The molecule has 0 aliphatic rings. The maximum absolute atomic E-state index is 11.9. The van der Waals surface area contributed by atoms with Crippen molar-refractivity contribution in [3.8, 4) is 6.07 Å². The summed E-state index contributed by atoms with van der Waals surface area (Å²) < 4.78 is 11.9. The van der Waals surface area contributed by atoms with Crippen molar-refractivity contribution in [1.82, 2.24) is 5.32 Å². The van der Waals surface area contributed by atoms with Crippen molar-refractivity contribution in [1.29, 1.82) is 5.26 Å². The van der Waals surface area contributed by atoms with Crippen LogP contribution in [0.4, 0.5) is 0 Å². The molecular formula is C13H14N2O4S. The van der Waals surface area contributed by atoms with E-state index in [2.05, 4.69) is 5.32 Å². The first kappa shape index (κ1) is 15.9. The van der Waals surface area contributed by atoms with Crippen LogP contribution >= 0.6 is 0 Å². The third-order valence-corrected chi connectivity index (χ3v) is 3.77. The predicted octanol–water partition coefficient (Wildman–Crippen LogP) is 0.396. The Morgan fingerprint density at radius 2 is 2.20 bits per heavy atom. The van der Waals surface area contributed by atoms with E-state index < -0.39 is 28.7 Å². The quantitative estimate of drug-likeness (QED) is 0.789. The van der Waals surface area contributed by atoms with E-state index in [1.165, 1.54) is 6.92 Å². The summed E-state index contributed by atoms with van der Waals surface area (Å²) in [4.78, 5) is 21.8. The molecule has 7 heteroatoms. The number of nitriles is 1. The SMILES string of the molecule is CC(=O)N[C@@H](CS(=O)Cc1cccc(C#N)c1)C(=O)O. The van der Waals surface area contributed by atoms with Gasteiger partial charge in [-0.1, -0.05) is 12.1 Å². The van der Waals surface area contributed by atoms with Crippen molar-refractivity contribution in [2.45, 2.75) is 18.7 Å². The van der Waals surface area contributed by atoms with Gasteiger partial charge >= 0.3 is 5.97 Å². The summed E-state index contributed by atoms with van der Waals surface area (Å²) in [6, 6.07) is 7.42. The van der Waals surface area contributed by atoms with Crippen LogP contribution in [0.25, 0.3) is 0 Å². The molecule has 6 nitrogen and oxygen atoms in total. The van der Waals surface area contributed by atoms with Crippen molar-refractivity contribution >= 4 is 22.7 Å². The van der Waals surface area contributed by atoms with E-state index in [0.29, 0.717) is 11.1 Å². The fraction of sp³-hybridized carbons (Fsp3) is 0.308. The molecule has 0 fully saturated rings. The van der Waals surface area contributed by atoms with E-state index in [0.717, 1.165) is 0 Å². The Morgan fingerprint density at radius 1 is 1.50 bits per heavy atom. The maximum Gasteiger partial charge on any atom is 0.327 e. The minimum atomic E-state index is -1.45. The normalized spacial score (nSPS) is 13.0. The van der Waals surface area contributed by atoms with E-state index >= 15 is 0 Å². The topological polar surface area (TPSA) is 107 Å². The lowest BCUT2D eigenvalue weighted by molar-refractivity contribution is -0.140. The van der Waals surface area contributed by atoms with Crippen LogP contribution in [0.3, 0.4) is 0 Å². The highest BCUT2D eigenvalue weighted by Gasteiger charge is 2.21. The molecule has 20 heavy (non-hydrogen) atoms. The first-order valence-corrected chi connectivity index (χ1v) is 7.25. The van der Waals surface area contributed by atoms with Gasteiger partial charge in [0, 0.05) is 23.5 Å². The van der Waals surface area contributed by atoms with Gasteiger partial charge in [-0.3, -0.25) is 9.00 Å². The summed E-state index contributed by atoms with van der Waals surface area (Å²) in [7, 11) is -1.45. The standard InChI is InChI=1S/C13H14N2O4S/c1-9(16)15-12(13(17)18)8-20(19)7-11-4-2-3-10(5-11)6-14/h2-5,12H,7-8H2,1H3,(H,15,16)(H,17,18)/t12-,20?/m0/s1. The number of carboxylic acids is 1. The van der Waals surface area contributed by atoms with Crippen molar-refractivity contribution in [3.63, 3.8) is 0 Å². The number of hydrogen-bond acceptors (Lipinski definition) is 4. The molecular weight excluding hydrogens is 280 g/mol. The minimum Gasteiger partial charge on any atom is -0.480 e. The lowest BCUT2D eigenvalue weighted by Gasteiger charge is -2.12. The second kappa shape index (κ2) is 7.40. The number of hydrogen-bond donors (Lipinski definition) is 2. The van der Waals surface area contributed by atoms with Gasteiger partial charge < -0.3 is 10.4 Å². The molecule has 1 unspecified atom stereocenters. The number of amides is 1. The van der Waals surface area contributed by atoms with E-state index in [1.807, 2.05) is 6.07 Å². The molecule has 106 valence electrons. The van der Waals surface area contributed by atoms with E-state index in [1.54, 1.807) is 24.3 Å². The second-order valence-electron chi connectivity index (χ2n) is 4.15. The van der Waals surface area contributed by atoms with Crippen LogP contribution in [0, 0.1) is 11.3 Å². The molecule has 0 radical (unpaired) electrons. The number of carboxylic acid groups (broad SMARTS) is 1. The van der Waals surface area contributed by atoms with E-state index in [4.69, 9.17) is 10.4 Å². The van der Waals surface area contributed by atoms with Crippen molar-refractivity contribution in [3.05, 3.63) is 35.4 Å². The van der Waals surface area contributed by atoms with Gasteiger partial charge in [0.15, 0.2) is 0 Å². The molecule has 0 saturated carbocycles. The smallest absolute Gasteiger partial charge is 0.327 e. The first-order chi connectivity index (χ1) is 9.42. The molecule has 0 heterocycles. The summed E-state index contributed by atoms with van der Waals surface area (Å²) in [5, 5.41) is 19.9. The number of carbonyl (C=O) groups excluding carboxylic acids is 1. The molecule has 1 aromatic rings. The molecule has 0 aliphatic carbocycles. The van der Waals surface area contributed by atoms with Crippen LogP contribution in [0.5, 0.6) is 0 Å². The summed E-state index contributed by atoms with van der Waals surface area (Å²) in [6.45, 7) is 1.20. The summed E-state index contributed by atoms with van der Waals surface area (Å²) in [5.74, 6) is -1.75. The lowest BCUT2D eigenvalue weighted by Crippen LogP contribution is -2.43. The Bertz CT molecular complexity index is 580. The van der Waals surface area contributed by atoms with E-state index in [9.17, 15) is 13.8 Å². The molecule has 1 aromatic carbocycles. The Morgan fingerprint density at radius 3 is 2.75 bits per heavy atom. The molecule has 0 saturated heterocycles. The maximum atomic E-state index is 11.9. The lowest BCUT2D eigenvalue weighted by atomic mass is 10.2. The number of benzene rings is 1. The van der Waals surface area contributed by atoms with Gasteiger partial charge in [-0.25, -0.2) is 4.79 Å². The van der Waals surface area contributed by atoms with Crippen molar-refractivity contribution < 1.29 is 18.9 Å². The third-order valence-electron chi connectivity index (χ3n) is 2.41. The average molecular weight is 294 g/mol.